The summed E-state index contributed by atoms with van der Waals surface area (Å²) in [5, 5.41) is 0. The van der Waals surface area contributed by atoms with Crippen LogP contribution in [0.25, 0.3) is 0 Å². The molecule has 0 heterocycles. The van der Waals surface area contributed by atoms with E-state index in [1.165, 1.54) is 0 Å². The second kappa shape index (κ2) is 6.78. The highest BCUT2D eigenvalue weighted by Crippen LogP contribution is 2.33. The minimum Gasteiger partial charge on any atom is -0.490 e. The molecule has 2 N–H and O–H groups in total. The smallest absolute Gasteiger partial charge is 0.161 e. The molecule has 0 radical (unpaired) electrons. The minimum atomic E-state index is -0.00497. The van der Waals surface area contributed by atoms with Gasteiger partial charge in [-0.15, -0.1) is 0 Å². The van der Waals surface area contributed by atoms with Crippen LogP contribution in [-0.2, 0) is 4.74 Å². The Balaban J connectivity index is 1.97. The van der Waals surface area contributed by atoms with Gasteiger partial charge < -0.3 is 19.9 Å². The molecule has 0 bridgehead atoms. The summed E-state index contributed by atoms with van der Waals surface area (Å²) in [5.74, 6) is 1.55. The molecular weight excluding hydrogens is 242 g/mol. The van der Waals surface area contributed by atoms with Gasteiger partial charge in [-0.2, -0.15) is 0 Å². The van der Waals surface area contributed by atoms with E-state index in [4.69, 9.17) is 19.9 Å². The Hall–Kier alpha value is -1.26. The van der Waals surface area contributed by atoms with Gasteiger partial charge in [-0.1, -0.05) is 19.1 Å². The van der Waals surface area contributed by atoms with Crippen LogP contribution in [0.3, 0.4) is 0 Å². The van der Waals surface area contributed by atoms with Crippen LogP contribution in [0.15, 0.2) is 24.3 Å². The third kappa shape index (κ3) is 3.39. The lowest BCUT2D eigenvalue weighted by Gasteiger charge is -2.41. The highest BCUT2D eigenvalue weighted by molar-refractivity contribution is 5.39. The largest absolute Gasteiger partial charge is 0.490 e. The second-order valence-corrected chi connectivity index (χ2v) is 4.77. The number of benzene rings is 1. The summed E-state index contributed by atoms with van der Waals surface area (Å²) in [6.45, 7) is 5.40. The van der Waals surface area contributed by atoms with E-state index < -0.39 is 0 Å². The Bertz CT molecular complexity index is 397. The van der Waals surface area contributed by atoms with Crippen molar-refractivity contribution in [1.82, 2.24) is 0 Å². The molecule has 19 heavy (non-hydrogen) atoms. The number of hydrogen-bond donors (Lipinski definition) is 1. The zero-order valence-corrected chi connectivity index (χ0v) is 11.7. The first kappa shape index (κ1) is 14.2. The van der Waals surface area contributed by atoms with Crippen molar-refractivity contribution in [3.05, 3.63) is 24.3 Å². The van der Waals surface area contributed by atoms with Crippen molar-refractivity contribution in [3.8, 4) is 11.5 Å². The van der Waals surface area contributed by atoms with Gasteiger partial charge in [0, 0.05) is 19.1 Å². The highest BCUT2D eigenvalue weighted by Gasteiger charge is 2.41. The molecule has 1 aliphatic carbocycles. The van der Waals surface area contributed by atoms with Crippen molar-refractivity contribution in [3.63, 3.8) is 0 Å². The number of nitrogens with two attached hydrogens (primary N) is 1. The second-order valence-electron chi connectivity index (χ2n) is 4.77. The number of ether oxygens (including phenoxy) is 3. The normalized spacial score (nSPS) is 25.7. The van der Waals surface area contributed by atoms with Crippen molar-refractivity contribution in [2.45, 2.75) is 44.9 Å². The Morgan fingerprint density at radius 3 is 2.58 bits per heavy atom. The molecule has 2 rings (SSSR count). The summed E-state index contributed by atoms with van der Waals surface area (Å²) >= 11 is 0. The maximum atomic E-state index is 5.98. The summed E-state index contributed by atoms with van der Waals surface area (Å²) in [6.07, 6.45) is 1.85. The summed E-state index contributed by atoms with van der Waals surface area (Å²) in [6, 6.07) is 7.80. The third-order valence-electron chi connectivity index (χ3n) is 3.23. The standard InChI is InChI=1S/C15H23NO3/c1-3-9-18-15-11(16)10-14(15)19-13-8-6-5-7-12(13)17-4-2/h5-8,11,14-15H,3-4,9-10,16H2,1-2H3. The molecule has 0 saturated heterocycles. The van der Waals surface area contributed by atoms with Gasteiger partial charge in [-0.25, -0.2) is 0 Å². The quantitative estimate of drug-likeness (QED) is 0.822. The van der Waals surface area contributed by atoms with Crippen molar-refractivity contribution in [1.29, 1.82) is 0 Å². The predicted molar refractivity (Wildman–Crippen MR) is 74.7 cm³/mol. The Morgan fingerprint density at radius 2 is 1.95 bits per heavy atom. The molecule has 4 nitrogen and oxygen atoms in total. The fourth-order valence-electron chi connectivity index (χ4n) is 2.20. The van der Waals surface area contributed by atoms with Crippen LogP contribution >= 0.6 is 0 Å². The Kier molecular flexibility index (Phi) is 5.05. The maximum Gasteiger partial charge on any atom is 0.161 e. The molecule has 0 aromatic heterocycles. The molecule has 1 aromatic rings. The lowest BCUT2D eigenvalue weighted by Crippen LogP contribution is -2.59. The molecule has 106 valence electrons. The van der Waals surface area contributed by atoms with Crippen molar-refractivity contribution in [2.24, 2.45) is 5.73 Å². The topological polar surface area (TPSA) is 53.7 Å². The molecule has 0 spiro atoms. The molecule has 1 saturated carbocycles. The highest BCUT2D eigenvalue weighted by atomic mass is 16.6. The summed E-state index contributed by atoms with van der Waals surface area (Å²) in [5.41, 5.74) is 5.97. The van der Waals surface area contributed by atoms with Crippen LogP contribution in [0.4, 0.5) is 0 Å². The lowest BCUT2D eigenvalue weighted by atomic mass is 9.86. The van der Waals surface area contributed by atoms with Crippen LogP contribution in [-0.4, -0.2) is 31.5 Å². The fourth-order valence-corrected chi connectivity index (χ4v) is 2.20. The number of hydrogen-bond acceptors (Lipinski definition) is 4. The van der Waals surface area contributed by atoms with Crippen LogP contribution in [0.2, 0.25) is 0 Å². The predicted octanol–water partition coefficient (Wildman–Crippen LogP) is 2.36. The summed E-state index contributed by atoms with van der Waals surface area (Å²) in [7, 11) is 0. The van der Waals surface area contributed by atoms with E-state index in [0.717, 1.165) is 30.9 Å². The van der Waals surface area contributed by atoms with Gasteiger partial charge in [0.15, 0.2) is 11.5 Å². The molecule has 1 fully saturated rings. The van der Waals surface area contributed by atoms with E-state index in [-0.39, 0.29) is 18.2 Å². The zero-order chi connectivity index (χ0) is 13.7. The van der Waals surface area contributed by atoms with Crippen LogP contribution in [0.5, 0.6) is 11.5 Å². The molecule has 3 unspecified atom stereocenters. The molecule has 1 aromatic carbocycles. The Labute approximate surface area is 114 Å². The number of para-hydroxylation sites is 2. The van der Waals surface area contributed by atoms with Gasteiger partial charge in [0.2, 0.25) is 0 Å². The lowest BCUT2D eigenvalue weighted by molar-refractivity contribution is -0.0985. The van der Waals surface area contributed by atoms with E-state index >= 15 is 0 Å². The molecule has 3 atom stereocenters. The fraction of sp³-hybridized carbons (Fsp3) is 0.600. The third-order valence-corrected chi connectivity index (χ3v) is 3.23. The van der Waals surface area contributed by atoms with Crippen LogP contribution < -0.4 is 15.2 Å². The van der Waals surface area contributed by atoms with Crippen molar-refractivity contribution in [2.75, 3.05) is 13.2 Å². The van der Waals surface area contributed by atoms with Gasteiger partial charge in [0.25, 0.3) is 0 Å². The van der Waals surface area contributed by atoms with Crippen LogP contribution in [0.1, 0.15) is 26.7 Å². The molecule has 1 aliphatic rings. The number of rotatable bonds is 7. The average molecular weight is 265 g/mol. The zero-order valence-electron chi connectivity index (χ0n) is 11.7. The van der Waals surface area contributed by atoms with Gasteiger partial charge >= 0.3 is 0 Å². The molecule has 4 heteroatoms. The van der Waals surface area contributed by atoms with Gasteiger partial charge in [0.1, 0.15) is 12.2 Å². The molecule has 0 aliphatic heterocycles. The van der Waals surface area contributed by atoms with Gasteiger partial charge in [-0.05, 0) is 25.5 Å². The first-order valence-electron chi connectivity index (χ1n) is 7.02. The Morgan fingerprint density at radius 1 is 1.21 bits per heavy atom. The summed E-state index contributed by atoms with van der Waals surface area (Å²) < 4.78 is 17.3. The minimum absolute atomic E-state index is 0.00497. The first-order chi connectivity index (χ1) is 9.26. The van der Waals surface area contributed by atoms with Gasteiger partial charge in [0.05, 0.1) is 6.61 Å². The van der Waals surface area contributed by atoms with E-state index in [0.29, 0.717) is 6.61 Å². The molecular formula is C15H23NO3. The van der Waals surface area contributed by atoms with Gasteiger partial charge in [-0.3, -0.25) is 0 Å². The SMILES string of the molecule is CCCOC1C(N)CC1Oc1ccccc1OCC. The first-order valence-corrected chi connectivity index (χ1v) is 7.02. The molecule has 0 amide bonds. The van der Waals surface area contributed by atoms with Crippen molar-refractivity contribution >= 4 is 0 Å². The average Bonchev–Trinajstić information content (AvgIpc) is 2.41. The van der Waals surface area contributed by atoms with Crippen molar-refractivity contribution < 1.29 is 14.2 Å². The monoisotopic (exact) mass is 265 g/mol. The van der Waals surface area contributed by atoms with E-state index in [9.17, 15) is 0 Å². The maximum absolute atomic E-state index is 5.98. The van der Waals surface area contributed by atoms with E-state index in [1.807, 2.05) is 31.2 Å². The van der Waals surface area contributed by atoms with E-state index in [1.54, 1.807) is 0 Å². The van der Waals surface area contributed by atoms with E-state index in [2.05, 4.69) is 6.92 Å². The van der Waals surface area contributed by atoms with Crippen LogP contribution in [0, 0.1) is 0 Å². The summed E-state index contributed by atoms with van der Waals surface area (Å²) in [4.78, 5) is 0.